The maximum atomic E-state index is 5.52. The summed E-state index contributed by atoms with van der Waals surface area (Å²) in [5.74, 6) is 2.89. The Morgan fingerprint density at radius 1 is 1.03 bits per heavy atom. The highest BCUT2D eigenvalue weighted by atomic mass is 127. The molecule has 0 radical (unpaired) electrons. The van der Waals surface area contributed by atoms with Gasteiger partial charge in [-0.25, -0.2) is 4.99 Å². The van der Waals surface area contributed by atoms with Crippen LogP contribution in [0.2, 0.25) is 0 Å². The number of hydrogen-bond donors (Lipinski definition) is 2. The van der Waals surface area contributed by atoms with E-state index in [1.54, 1.807) is 28.4 Å². The van der Waals surface area contributed by atoms with E-state index in [0.717, 1.165) is 37.6 Å². The summed E-state index contributed by atoms with van der Waals surface area (Å²) in [6.07, 6.45) is 4.85. The average Bonchev–Trinajstić information content (AvgIpc) is 2.70. The Bertz CT molecular complexity index is 626. The van der Waals surface area contributed by atoms with E-state index in [1.807, 2.05) is 12.1 Å². The molecule has 1 saturated carbocycles. The van der Waals surface area contributed by atoms with Gasteiger partial charge in [-0.05, 0) is 31.6 Å². The van der Waals surface area contributed by atoms with Crippen LogP contribution in [0.3, 0.4) is 0 Å². The molecule has 7 nitrogen and oxygen atoms in total. The lowest BCUT2D eigenvalue weighted by atomic mass is 9.67. The van der Waals surface area contributed by atoms with Crippen molar-refractivity contribution in [3.8, 4) is 17.2 Å². The van der Waals surface area contributed by atoms with Gasteiger partial charge in [0.25, 0.3) is 0 Å². The molecule has 1 aliphatic carbocycles. The highest BCUT2D eigenvalue weighted by molar-refractivity contribution is 14.0. The van der Waals surface area contributed by atoms with E-state index in [0.29, 0.717) is 29.2 Å². The molecular formula is C21H36IN3O4. The third-order valence-electron chi connectivity index (χ3n) is 5.44. The summed E-state index contributed by atoms with van der Waals surface area (Å²) in [6.45, 7) is 5.01. The predicted octanol–water partition coefficient (Wildman–Crippen LogP) is 3.59. The molecule has 0 heterocycles. The van der Waals surface area contributed by atoms with Crippen molar-refractivity contribution in [2.45, 2.75) is 39.2 Å². The Balaban J connectivity index is 0.00000420. The lowest BCUT2D eigenvalue weighted by Crippen LogP contribution is -2.47. The summed E-state index contributed by atoms with van der Waals surface area (Å²) in [5, 5.41) is 6.85. The van der Waals surface area contributed by atoms with Crippen LogP contribution in [0.1, 0.15) is 38.2 Å². The minimum atomic E-state index is 0. The van der Waals surface area contributed by atoms with Crippen molar-refractivity contribution in [2.75, 3.05) is 48.1 Å². The molecule has 29 heavy (non-hydrogen) atoms. The van der Waals surface area contributed by atoms with Crippen LogP contribution in [0.4, 0.5) is 0 Å². The van der Waals surface area contributed by atoms with Crippen molar-refractivity contribution in [3.05, 3.63) is 17.7 Å². The van der Waals surface area contributed by atoms with Crippen molar-refractivity contribution < 1.29 is 18.9 Å². The lowest BCUT2D eigenvalue weighted by molar-refractivity contribution is 0.0732. The summed E-state index contributed by atoms with van der Waals surface area (Å²) in [5.41, 5.74) is 1.21. The lowest BCUT2D eigenvalue weighted by Gasteiger charge is -2.42. The number of rotatable bonds is 11. The average molecular weight is 521 g/mol. The number of methoxy groups -OCH3 is 4. The quantitative estimate of drug-likeness (QED) is 0.264. The van der Waals surface area contributed by atoms with Gasteiger partial charge in [0.1, 0.15) is 17.2 Å². The number of guanidine groups is 1. The van der Waals surface area contributed by atoms with E-state index in [1.165, 1.54) is 19.3 Å². The molecule has 0 spiro atoms. The second-order valence-electron chi connectivity index (χ2n) is 7.16. The van der Waals surface area contributed by atoms with Crippen molar-refractivity contribution in [1.29, 1.82) is 0 Å². The minimum Gasteiger partial charge on any atom is -0.496 e. The van der Waals surface area contributed by atoms with E-state index in [9.17, 15) is 0 Å². The summed E-state index contributed by atoms with van der Waals surface area (Å²) in [7, 11) is 6.67. The number of hydrogen-bond acceptors (Lipinski definition) is 5. The first-order valence-corrected chi connectivity index (χ1v) is 9.91. The largest absolute Gasteiger partial charge is 0.496 e. The maximum absolute atomic E-state index is 5.52. The normalized spacial score (nSPS) is 15.0. The number of nitrogens with one attached hydrogen (secondary N) is 2. The maximum Gasteiger partial charge on any atom is 0.191 e. The smallest absolute Gasteiger partial charge is 0.191 e. The van der Waals surface area contributed by atoms with Gasteiger partial charge < -0.3 is 29.6 Å². The topological polar surface area (TPSA) is 73.3 Å². The molecule has 1 aromatic rings. The number of nitrogens with zero attached hydrogens (tertiary/aromatic N) is 1. The first-order chi connectivity index (χ1) is 13.6. The van der Waals surface area contributed by atoms with Gasteiger partial charge in [-0.3, -0.25) is 0 Å². The van der Waals surface area contributed by atoms with Crippen LogP contribution in [0.25, 0.3) is 0 Å². The monoisotopic (exact) mass is 521 g/mol. The molecule has 2 N–H and O–H groups in total. The molecule has 0 amide bonds. The van der Waals surface area contributed by atoms with Crippen LogP contribution in [0.5, 0.6) is 17.2 Å². The second-order valence-corrected chi connectivity index (χ2v) is 7.16. The van der Waals surface area contributed by atoms with Gasteiger partial charge in [0.2, 0.25) is 0 Å². The number of halogens is 1. The second kappa shape index (κ2) is 13.0. The Labute approximate surface area is 191 Å². The number of aliphatic imine (C=N–C) groups is 1. The minimum absolute atomic E-state index is 0. The zero-order valence-electron chi connectivity index (χ0n) is 18.3. The summed E-state index contributed by atoms with van der Waals surface area (Å²) in [6, 6.07) is 3.70. The van der Waals surface area contributed by atoms with Crippen LogP contribution in [0, 0.1) is 5.41 Å². The molecule has 0 saturated heterocycles. The van der Waals surface area contributed by atoms with E-state index in [-0.39, 0.29) is 24.0 Å². The third kappa shape index (κ3) is 7.09. The van der Waals surface area contributed by atoms with Crippen molar-refractivity contribution in [3.63, 3.8) is 0 Å². The van der Waals surface area contributed by atoms with Gasteiger partial charge in [0.15, 0.2) is 5.96 Å². The first-order valence-electron chi connectivity index (χ1n) is 9.91. The van der Waals surface area contributed by atoms with E-state index >= 15 is 0 Å². The zero-order valence-corrected chi connectivity index (χ0v) is 20.6. The fourth-order valence-corrected chi connectivity index (χ4v) is 3.52. The van der Waals surface area contributed by atoms with Crippen molar-refractivity contribution >= 4 is 29.9 Å². The standard InChI is InChI=1S/C21H35N3O4.HI/c1-6-22-20(24-15-21(8-7-9-21)10-11-25-2)23-14-17-18(27-4)12-16(26-3)13-19(17)28-5;/h12-13H,6-11,14-15H2,1-5H3,(H2,22,23,24);1H. The molecule has 0 unspecified atom stereocenters. The van der Waals surface area contributed by atoms with Crippen molar-refractivity contribution in [1.82, 2.24) is 10.6 Å². The molecule has 1 fully saturated rings. The van der Waals surface area contributed by atoms with Crippen LogP contribution in [-0.4, -0.2) is 54.1 Å². The zero-order chi connectivity index (χ0) is 20.4. The van der Waals surface area contributed by atoms with Gasteiger partial charge in [-0.2, -0.15) is 0 Å². The van der Waals surface area contributed by atoms with Crippen molar-refractivity contribution in [2.24, 2.45) is 10.4 Å². The Kier molecular flexibility index (Phi) is 11.5. The highest BCUT2D eigenvalue weighted by Crippen LogP contribution is 2.43. The van der Waals surface area contributed by atoms with Gasteiger partial charge in [-0.1, -0.05) is 6.42 Å². The summed E-state index contributed by atoms with van der Waals surface area (Å²) < 4.78 is 21.7. The Morgan fingerprint density at radius 3 is 2.14 bits per heavy atom. The number of ether oxygens (including phenoxy) is 4. The summed E-state index contributed by atoms with van der Waals surface area (Å²) >= 11 is 0. The molecule has 0 aromatic heterocycles. The van der Waals surface area contributed by atoms with Gasteiger partial charge >= 0.3 is 0 Å². The van der Waals surface area contributed by atoms with E-state index in [4.69, 9.17) is 23.9 Å². The van der Waals surface area contributed by atoms with E-state index < -0.39 is 0 Å². The molecule has 1 aliphatic rings. The van der Waals surface area contributed by atoms with Crippen LogP contribution in [0.15, 0.2) is 17.1 Å². The highest BCUT2D eigenvalue weighted by Gasteiger charge is 2.36. The third-order valence-corrected chi connectivity index (χ3v) is 5.44. The molecule has 0 atom stereocenters. The molecule has 2 rings (SSSR count). The molecule has 0 aliphatic heterocycles. The fraction of sp³-hybridized carbons (Fsp3) is 0.667. The molecule has 0 bridgehead atoms. The fourth-order valence-electron chi connectivity index (χ4n) is 3.52. The Morgan fingerprint density at radius 2 is 1.69 bits per heavy atom. The van der Waals surface area contributed by atoms with E-state index in [2.05, 4.69) is 17.6 Å². The van der Waals surface area contributed by atoms with Crippen LogP contribution < -0.4 is 24.8 Å². The predicted molar refractivity (Wildman–Crippen MR) is 127 cm³/mol. The Hall–Kier alpha value is -1.42. The van der Waals surface area contributed by atoms with Gasteiger partial charge in [-0.15, -0.1) is 24.0 Å². The van der Waals surface area contributed by atoms with Crippen LogP contribution in [-0.2, 0) is 11.3 Å². The van der Waals surface area contributed by atoms with Gasteiger partial charge in [0.05, 0.1) is 33.4 Å². The molecule has 8 heteroatoms. The number of benzene rings is 1. The SMILES string of the molecule is CCNC(=NCc1c(OC)cc(OC)cc1OC)NCC1(CCOC)CCC1.I. The molecule has 166 valence electrons. The van der Waals surface area contributed by atoms with Crippen LogP contribution >= 0.6 is 24.0 Å². The molecular weight excluding hydrogens is 485 g/mol. The first kappa shape index (κ1) is 25.6. The molecule has 1 aromatic carbocycles. The summed E-state index contributed by atoms with van der Waals surface area (Å²) in [4.78, 5) is 4.76. The van der Waals surface area contributed by atoms with Gasteiger partial charge in [0, 0.05) is 38.9 Å².